The Hall–Kier alpha value is -2.91. The number of unbranched alkanes of at least 4 members (excludes halogenated alkanes) is 2. The number of carbonyl (C=O) groups excluding carboxylic acids is 2. The third-order valence-electron chi connectivity index (χ3n) is 4.22. The second-order valence-electron chi connectivity index (χ2n) is 6.17. The zero-order valence-electron chi connectivity index (χ0n) is 14.8. The predicted octanol–water partition coefficient (Wildman–Crippen LogP) is 5.76. The number of benzene rings is 2. The standard InChI is InChI=1S/C21H23N3O2/c22-24-23-16-6-2-5-9-20(25)14-15-21(26)19-12-10-18(11-13-19)17-7-3-1-4-8-17/h1,3-4,7-8,10-13H,2,5-6,9,14-16H2. The van der Waals surface area contributed by atoms with Crippen molar-refractivity contribution in [3.8, 4) is 11.1 Å². The summed E-state index contributed by atoms with van der Waals surface area (Å²) in [5.74, 6) is 0.115. The lowest BCUT2D eigenvalue weighted by atomic mass is 9.99. The van der Waals surface area contributed by atoms with Gasteiger partial charge in [0.2, 0.25) is 0 Å². The molecule has 134 valence electrons. The van der Waals surface area contributed by atoms with Crippen molar-refractivity contribution in [1.29, 1.82) is 0 Å². The number of hydrogen-bond acceptors (Lipinski definition) is 3. The summed E-state index contributed by atoms with van der Waals surface area (Å²) in [5.41, 5.74) is 11.0. The molecular formula is C21H23N3O2. The lowest BCUT2D eigenvalue weighted by molar-refractivity contribution is -0.119. The molecule has 5 heteroatoms. The molecule has 2 aromatic rings. The van der Waals surface area contributed by atoms with E-state index in [0.29, 0.717) is 18.5 Å². The number of carbonyl (C=O) groups is 2. The molecule has 0 amide bonds. The lowest BCUT2D eigenvalue weighted by Gasteiger charge is -2.04. The van der Waals surface area contributed by atoms with Crippen molar-refractivity contribution in [3.05, 3.63) is 70.6 Å². The summed E-state index contributed by atoms with van der Waals surface area (Å²) in [5, 5.41) is 3.46. The molecule has 0 saturated carbocycles. The molecule has 0 unspecified atom stereocenters. The quantitative estimate of drug-likeness (QED) is 0.170. The summed E-state index contributed by atoms with van der Waals surface area (Å²) in [6.45, 7) is 0.474. The predicted molar refractivity (Wildman–Crippen MR) is 103 cm³/mol. The number of nitrogens with zero attached hydrogens (tertiary/aromatic N) is 3. The Labute approximate surface area is 153 Å². The molecule has 0 fully saturated rings. The first-order valence-corrected chi connectivity index (χ1v) is 8.92. The van der Waals surface area contributed by atoms with Crippen LogP contribution in [-0.2, 0) is 4.79 Å². The van der Waals surface area contributed by atoms with Crippen molar-refractivity contribution in [2.45, 2.75) is 38.5 Å². The molecule has 0 aromatic heterocycles. The Morgan fingerprint density at radius 2 is 1.50 bits per heavy atom. The van der Waals surface area contributed by atoms with Crippen molar-refractivity contribution in [2.75, 3.05) is 6.54 Å². The highest BCUT2D eigenvalue weighted by Crippen LogP contribution is 2.20. The van der Waals surface area contributed by atoms with Crippen LogP contribution in [0.2, 0.25) is 0 Å². The van der Waals surface area contributed by atoms with Gasteiger partial charge in [-0.3, -0.25) is 9.59 Å². The van der Waals surface area contributed by atoms with Crippen molar-refractivity contribution in [3.63, 3.8) is 0 Å². The second-order valence-corrected chi connectivity index (χ2v) is 6.17. The van der Waals surface area contributed by atoms with E-state index in [9.17, 15) is 9.59 Å². The van der Waals surface area contributed by atoms with Gasteiger partial charge in [-0.15, -0.1) is 0 Å². The fraction of sp³-hybridized carbons (Fsp3) is 0.333. The van der Waals surface area contributed by atoms with E-state index < -0.39 is 0 Å². The first kappa shape index (κ1) is 19.4. The van der Waals surface area contributed by atoms with E-state index in [4.69, 9.17) is 5.53 Å². The van der Waals surface area contributed by atoms with Crippen LogP contribution in [0.15, 0.2) is 59.7 Å². The maximum Gasteiger partial charge on any atom is 0.163 e. The number of hydrogen-bond donors (Lipinski definition) is 0. The van der Waals surface area contributed by atoms with E-state index in [1.807, 2.05) is 54.6 Å². The van der Waals surface area contributed by atoms with Crippen LogP contribution in [-0.4, -0.2) is 18.1 Å². The molecule has 0 spiro atoms. The van der Waals surface area contributed by atoms with Crippen LogP contribution in [0.1, 0.15) is 48.9 Å². The van der Waals surface area contributed by atoms with Gasteiger partial charge < -0.3 is 0 Å². The lowest BCUT2D eigenvalue weighted by Crippen LogP contribution is -2.05. The van der Waals surface area contributed by atoms with Crippen LogP contribution >= 0.6 is 0 Å². The maximum atomic E-state index is 12.2. The highest BCUT2D eigenvalue weighted by atomic mass is 16.1. The van der Waals surface area contributed by atoms with E-state index in [-0.39, 0.29) is 24.4 Å². The van der Waals surface area contributed by atoms with Crippen LogP contribution in [0.25, 0.3) is 21.6 Å². The number of Topliss-reactive ketones (excluding diaryl/α,β-unsaturated/α-hetero) is 2. The molecule has 0 N–H and O–H groups in total. The van der Waals surface area contributed by atoms with Crippen molar-refractivity contribution in [1.82, 2.24) is 0 Å². The molecule has 0 aliphatic carbocycles. The maximum absolute atomic E-state index is 12.2. The van der Waals surface area contributed by atoms with Gasteiger partial charge in [0, 0.05) is 36.3 Å². The van der Waals surface area contributed by atoms with Crippen molar-refractivity contribution < 1.29 is 9.59 Å². The van der Waals surface area contributed by atoms with Gasteiger partial charge in [0.1, 0.15) is 5.78 Å². The van der Waals surface area contributed by atoms with Crippen LogP contribution in [0.4, 0.5) is 0 Å². The van der Waals surface area contributed by atoms with Crippen LogP contribution in [0, 0.1) is 0 Å². The zero-order valence-corrected chi connectivity index (χ0v) is 14.8. The van der Waals surface area contributed by atoms with Crippen LogP contribution in [0.3, 0.4) is 0 Å². The Kier molecular flexibility index (Phi) is 8.10. The van der Waals surface area contributed by atoms with Crippen molar-refractivity contribution in [2.24, 2.45) is 5.11 Å². The minimum absolute atomic E-state index is 0.00122. The molecule has 0 atom stereocenters. The first-order valence-electron chi connectivity index (χ1n) is 8.92. The van der Waals surface area contributed by atoms with Gasteiger partial charge in [-0.2, -0.15) is 0 Å². The van der Waals surface area contributed by atoms with Crippen molar-refractivity contribution >= 4 is 11.6 Å². The van der Waals surface area contributed by atoms with Gasteiger partial charge >= 0.3 is 0 Å². The first-order chi connectivity index (χ1) is 12.7. The fourth-order valence-electron chi connectivity index (χ4n) is 2.73. The Morgan fingerprint density at radius 1 is 0.808 bits per heavy atom. The molecule has 0 heterocycles. The molecule has 0 bridgehead atoms. The molecule has 0 aliphatic rings. The summed E-state index contributed by atoms with van der Waals surface area (Å²) >= 11 is 0. The topological polar surface area (TPSA) is 82.9 Å². The fourth-order valence-corrected chi connectivity index (χ4v) is 2.73. The van der Waals surface area contributed by atoms with Crippen LogP contribution in [0.5, 0.6) is 0 Å². The van der Waals surface area contributed by atoms with E-state index in [1.165, 1.54) is 0 Å². The molecule has 0 aliphatic heterocycles. The molecule has 0 radical (unpaired) electrons. The molecule has 0 saturated heterocycles. The van der Waals surface area contributed by atoms with E-state index >= 15 is 0 Å². The van der Waals surface area contributed by atoms with E-state index in [0.717, 1.165) is 30.4 Å². The summed E-state index contributed by atoms with van der Waals surface area (Å²) < 4.78 is 0. The molecule has 26 heavy (non-hydrogen) atoms. The summed E-state index contributed by atoms with van der Waals surface area (Å²) in [7, 11) is 0. The third kappa shape index (κ3) is 6.54. The SMILES string of the molecule is [N-]=[N+]=NCCCCCC(=O)CCC(=O)c1ccc(-c2ccccc2)cc1. The summed E-state index contributed by atoms with van der Waals surface area (Å²) in [4.78, 5) is 26.8. The normalized spacial score (nSPS) is 10.2. The minimum atomic E-state index is 0.00122. The highest BCUT2D eigenvalue weighted by molar-refractivity contribution is 5.98. The van der Waals surface area contributed by atoms with E-state index in [2.05, 4.69) is 10.0 Å². The van der Waals surface area contributed by atoms with Gasteiger partial charge in [0.25, 0.3) is 0 Å². The number of rotatable bonds is 11. The molecule has 5 nitrogen and oxygen atoms in total. The van der Waals surface area contributed by atoms with Gasteiger partial charge in [0.15, 0.2) is 5.78 Å². The number of ketones is 2. The van der Waals surface area contributed by atoms with Gasteiger partial charge in [-0.05, 0) is 29.5 Å². The average molecular weight is 349 g/mol. The van der Waals surface area contributed by atoms with Gasteiger partial charge in [0.05, 0.1) is 0 Å². The van der Waals surface area contributed by atoms with E-state index in [1.54, 1.807) is 0 Å². The zero-order chi connectivity index (χ0) is 18.6. The molecular weight excluding hydrogens is 326 g/mol. The molecule has 2 aromatic carbocycles. The Morgan fingerprint density at radius 3 is 2.19 bits per heavy atom. The summed E-state index contributed by atoms with van der Waals surface area (Å²) in [6, 6.07) is 17.5. The number of azide groups is 1. The van der Waals surface area contributed by atoms with Gasteiger partial charge in [-0.1, -0.05) is 66.1 Å². The summed E-state index contributed by atoms with van der Waals surface area (Å²) in [6.07, 6.45) is 3.46. The Bertz CT molecular complexity index is 764. The van der Waals surface area contributed by atoms with Crippen LogP contribution < -0.4 is 0 Å². The second kappa shape index (κ2) is 10.9. The molecule has 2 rings (SSSR count). The minimum Gasteiger partial charge on any atom is -0.300 e. The largest absolute Gasteiger partial charge is 0.300 e. The monoisotopic (exact) mass is 349 g/mol. The highest BCUT2D eigenvalue weighted by Gasteiger charge is 2.09. The third-order valence-corrected chi connectivity index (χ3v) is 4.22. The Balaban J connectivity index is 1.74. The van der Waals surface area contributed by atoms with Gasteiger partial charge in [-0.25, -0.2) is 0 Å². The smallest absolute Gasteiger partial charge is 0.163 e. The average Bonchev–Trinajstić information content (AvgIpc) is 2.69.